The van der Waals surface area contributed by atoms with Crippen molar-refractivity contribution in [2.75, 3.05) is 50.4 Å². The minimum atomic E-state index is 0.328. The number of nitrogens with zero attached hydrogens (tertiary/aromatic N) is 5. The summed E-state index contributed by atoms with van der Waals surface area (Å²) in [5, 5.41) is 0. The van der Waals surface area contributed by atoms with E-state index < -0.39 is 0 Å². The number of hydrogen-bond acceptors (Lipinski definition) is 7. The molecule has 7 heteroatoms. The van der Waals surface area contributed by atoms with Crippen molar-refractivity contribution in [2.24, 2.45) is 0 Å². The van der Waals surface area contributed by atoms with Gasteiger partial charge in [-0.1, -0.05) is 12.1 Å². The van der Waals surface area contributed by atoms with Crippen LogP contribution in [0.1, 0.15) is 36.8 Å². The number of benzene rings is 1. The van der Waals surface area contributed by atoms with Crippen LogP contribution in [0, 0.1) is 0 Å². The first-order chi connectivity index (χ1) is 15.5. The molecule has 0 radical (unpaired) electrons. The quantitative estimate of drug-likeness (QED) is 0.724. The Balaban J connectivity index is 1.34. The number of ether oxygens (including phenoxy) is 1. The van der Waals surface area contributed by atoms with Gasteiger partial charge in [0.05, 0.1) is 5.69 Å². The lowest BCUT2D eigenvalue weighted by atomic mass is 9.96. The number of anilines is 2. The lowest BCUT2D eigenvalue weighted by molar-refractivity contribution is 0.0503. The highest BCUT2D eigenvalue weighted by molar-refractivity contribution is 5.66. The molecule has 0 bridgehead atoms. The number of fused-ring (bicyclic) bond motifs is 1. The van der Waals surface area contributed by atoms with E-state index in [1.54, 1.807) is 0 Å². The molecule has 2 aliphatic heterocycles. The van der Waals surface area contributed by atoms with Gasteiger partial charge in [0.2, 0.25) is 5.95 Å². The second-order valence-corrected chi connectivity index (χ2v) is 9.33. The number of nitrogen functional groups attached to an aromatic ring is 1. The molecule has 1 saturated heterocycles. The van der Waals surface area contributed by atoms with Crippen LogP contribution in [0.2, 0.25) is 0 Å². The van der Waals surface area contributed by atoms with Crippen LogP contribution < -0.4 is 10.6 Å². The molecular formula is C25H34N6O. The normalized spacial score (nSPS) is 19.8. The Bertz CT molecular complexity index is 978. The van der Waals surface area contributed by atoms with E-state index >= 15 is 0 Å². The summed E-state index contributed by atoms with van der Waals surface area (Å²) in [7, 11) is 2.15. The van der Waals surface area contributed by atoms with Crippen molar-refractivity contribution in [3.05, 3.63) is 47.9 Å². The summed E-state index contributed by atoms with van der Waals surface area (Å²) in [6, 6.07) is 8.72. The molecule has 2 aromatic rings. The third-order valence-corrected chi connectivity index (χ3v) is 7.03. The fourth-order valence-corrected chi connectivity index (χ4v) is 5.00. The smallest absolute Gasteiger partial charge is 0.222 e. The summed E-state index contributed by atoms with van der Waals surface area (Å²) >= 11 is 0. The van der Waals surface area contributed by atoms with E-state index in [9.17, 15) is 0 Å². The van der Waals surface area contributed by atoms with Crippen molar-refractivity contribution in [1.29, 1.82) is 0 Å². The van der Waals surface area contributed by atoms with E-state index in [-0.39, 0.29) is 0 Å². The minimum absolute atomic E-state index is 0.328. The van der Waals surface area contributed by atoms with Crippen molar-refractivity contribution in [1.82, 2.24) is 19.8 Å². The van der Waals surface area contributed by atoms with Crippen LogP contribution in [-0.2, 0) is 17.7 Å². The summed E-state index contributed by atoms with van der Waals surface area (Å²) in [6.07, 6.45) is 6.18. The third-order valence-electron chi connectivity index (χ3n) is 7.03. The molecule has 0 atom stereocenters. The van der Waals surface area contributed by atoms with E-state index in [0.29, 0.717) is 12.1 Å². The lowest BCUT2D eigenvalue weighted by Gasteiger charge is -2.33. The van der Waals surface area contributed by atoms with Crippen LogP contribution in [0.25, 0.3) is 11.3 Å². The maximum absolute atomic E-state index is 6.17. The van der Waals surface area contributed by atoms with Gasteiger partial charge in [0.15, 0.2) is 5.88 Å². The zero-order chi connectivity index (χ0) is 22.1. The van der Waals surface area contributed by atoms with Crippen molar-refractivity contribution in [3.8, 4) is 11.3 Å². The zero-order valence-electron chi connectivity index (χ0n) is 19.1. The highest BCUT2D eigenvalue weighted by Gasteiger charge is 2.23. The molecule has 0 amide bonds. The maximum atomic E-state index is 6.17. The van der Waals surface area contributed by atoms with E-state index in [2.05, 4.69) is 62.6 Å². The largest absolute Gasteiger partial charge is 0.476 e. The Labute approximate surface area is 190 Å². The number of likely N-dealkylation sites (N-methyl/N-ethyl adjacent to an activating group) is 1. The van der Waals surface area contributed by atoms with Crippen LogP contribution in [0.15, 0.2) is 36.7 Å². The highest BCUT2D eigenvalue weighted by atomic mass is 16.5. The van der Waals surface area contributed by atoms with Gasteiger partial charge in [0.1, 0.15) is 11.9 Å². The molecule has 1 aromatic carbocycles. The first-order valence-electron chi connectivity index (χ1n) is 11.9. The molecular weight excluding hydrogens is 400 g/mol. The molecule has 2 N–H and O–H groups in total. The average molecular weight is 435 g/mol. The second kappa shape index (κ2) is 8.98. The Morgan fingerprint density at radius 2 is 1.81 bits per heavy atom. The number of rotatable bonds is 5. The highest BCUT2D eigenvalue weighted by Crippen LogP contribution is 2.30. The van der Waals surface area contributed by atoms with Gasteiger partial charge < -0.3 is 25.2 Å². The first kappa shape index (κ1) is 21.1. The monoisotopic (exact) mass is 434 g/mol. The molecule has 0 unspecified atom stereocenters. The number of aromatic nitrogens is 2. The zero-order valence-corrected chi connectivity index (χ0v) is 19.1. The molecule has 7 nitrogen and oxygen atoms in total. The topological polar surface area (TPSA) is 70.8 Å². The molecule has 170 valence electrons. The molecule has 1 saturated carbocycles. The predicted octanol–water partition coefficient (Wildman–Crippen LogP) is 3.27. The minimum Gasteiger partial charge on any atom is -0.476 e. The Kier molecular flexibility index (Phi) is 5.91. The first-order valence-corrected chi connectivity index (χ1v) is 11.9. The molecule has 1 aromatic heterocycles. The summed E-state index contributed by atoms with van der Waals surface area (Å²) in [4.78, 5) is 16.0. The van der Waals surface area contributed by atoms with E-state index in [1.807, 2.05) is 0 Å². The molecule has 32 heavy (non-hydrogen) atoms. The van der Waals surface area contributed by atoms with Crippen LogP contribution >= 0.6 is 0 Å². The van der Waals surface area contributed by atoms with Crippen LogP contribution in [0.4, 0.5) is 11.8 Å². The van der Waals surface area contributed by atoms with Gasteiger partial charge in [-0.15, -0.1) is 0 Å². The van der Waals surface area contributed by atoms with E-state index in [0.717, 1.165) is 81.5 Å². The number of hydrogen-bond donors (Lipinski definition) is 1. The van der Waals surface area contributed by atoms with Gasteiger partial charge in [-0.25, -0.2) is 4.98 Å². The lowest BCUT2D eigenvalue weighted by Crippen LogP contribution is -2.44. The van der Waals surface area contributed by atoms with Crippen LogP contribution in [0.5, 0.6) is 0 Å². The van der Waals surface area contributed by atoms with Crippen molar-refractivity contribution < 1.29 is 4.74 Å². The predicted molar refractivity (Wildman–Crippen MR) is 128 cm³/mol. The Hall–Kier alpha value is -2.80. The molecule has 5 rings (SSSR count). The molecule has 2 fully saturated rings. The van der Waals surface area contributed by atoms with Crippen molar-refractivity contribution in [2.45, 2.75) is 44.8 Å². The average Bonchev–Trinajstić information content (AvgIpc) is 3.31. The van der Waals surface area contributed by atoms with Gasteiger partial charge in [0.25, 0.3) is 0 Å². The summed E-state index contributed by atoms with van der Waals surface area (Å²) in [5.41, 5.74) is 10.8. The third kappa shape index (κ3) is 4.53. The number of piperazine rings is 1. The summed E-state index contributed by atoms with van der Waals surface area (Å²) < 4.78 is 6.17. The summed E-state index contributed by atoms with van der Waals surface area (Å²) in [5.74, 6) is 2.06. The molecule has 0 spiro atoms. The van der Waals surface area contributed by atoms with Gasteiger partial charge in [-0.3, -0.25) is 0 Å². The van der Waals surface area contributed by atoms with Crippen LogP contribution in [0.3, 0.4) is 0 Å². The second-order valence-electron chi connectivity index (χ2n) is 9.33. The Morgan fingerprint density at radius 1 is 1.03 bits per heavy atom. The number of nitrogens with two attached hydrogens (primary N) is 1. The van der Waals surface area contributed by atoms with Gasteiger partial charge >= 0.3 is 0 Å². The Morgan fingerprint density at radius 3 is 2.59 bits per heavy atom. The van der Waals surface area contributed by atoms with Crippen molar-refractivity contribution in [3.63, 3.8) is 0 Å². The van der Waals surface area contributed by atoms with Gasteiger partial charge in [-0.05, 0) is 62.9 Å². The molecule has 3 heterocycles. The fraction of sp³-hybridized carbons (Fsp3) is 0.520. The van der Waals surface area contributed by atoms with E-state index in [1.165, 1.54) is 24.0 Å². The SMILES string of the molecule is C=C(OC1CCCC1)N1CCc2ccc(-c3cc(N4CCN(C)CC4)nc(N)n3)cc2C1. The maximum Gasteiger partial charge on any atom is 0.222 e. The van der Waals surface area contributed by atoms with Gasteiger partial charge in [-0.2, -0.15) is 4.98 Å². The van der Waals surface area contributed by atoms with Gasteiger partial charge in [0, 0.05) is 50.9 Å². The van der Waals surface area contributed by atoms with Crippen molar-refractivity contribution >= 4 is 11.8 Å². The summed E-state index contributed by atoms with van der Waals surface area (Å²) in [6.45, 7) is 9.97. The standard InChI is InChI=1S/C25H34N6O/c1-18(32-22-5-3-4-6-22)31-10-9-19-7-8-20(15-21(19)17-31)23-16-24(28-25(26)27-23)30-13-11-29(2)12-14-30/h7-8,15-16,22H,1,3-6,9-14,17H2,2H3,(H2,26,27,28). The van der Waals surface area contributed by atoms with Crippen LogP contribution in [-0.4, -0.2) is 65.6 Å². The molecule has 1 aliphatic carbocycles. The van der Waals surface area contributed by atoms with E-state index in [4.69, 9.17) is 10.5 Å². The fourth-order valence-electron chi connectivity index (χ4n) is 5.00. The molecule has 3 aliphatic rings.